The lowest BCUT2D eigenvalue weighted by molar-refractivity contribution is -0.120. The number of benzene rings is 2. The number of carbonyl (C=O) groups excluding carboxylic acids is 1. The highest BCUT2D eigenvalue weighted by atomic mass is 16.2. The van der Waals surface area contributed by atoms with Crippen LogP contribution in [0.15, 0.2) is 60.7 Å². The summed E-state index contributed by atoms with van der Waals surface area (Å²) >= 11 is 0. The number of amides is 1. The molecule has 0 unspecified atom stereocenters. The Morgan fingerprint density at radius 3 is 2.11 bits per heavy atom. The maximum absolute atomic E-state index is 13.2. The Kier molecular flexibility index (Phi) is 6.40. The Bertz CT molecular complexity index is 735. The Morgan fingerprint density at radius 2 is 1.46 bits per heavy atom. The SMILES string of the molecule is O=C(CN1CCN(C2CCCC2)CC1)N(Cc1ccccc1)c1ccccc1. The molecule has 4 heteroatoms. The van der Waals surface area contributed by atoms with Gasteiger partial charge >= 0.3 is 0 Å². The van der Waals surface area contributed by atoms with E-state index in [1.54, 1.807) is 0 Å². The fourth-order valence-electron chi connectivity index (χ4n) is 4.53. The van der Waals surface area contributed by atoms with Crippen molar-refractivity contribution in [1.82, 2.24) is 9.80 Å². The second kappa shape index (κ2) is 9.35. The number of anilines is 1. The number of piperazine rings is 1. The van der Waals surface area contributed by atoms with Gasteiger partial charge < -0.3 is 4.90 Å². The summed E-state index contributed by atoms with van der Waals surface area (Å²) in [5.41, 5.74) is 2.13. The highest BCUT2D eigenvalue weighted by Gasteiger charge is 2.27. The molecule has 2 aromatic carbocycles. The lowest BCUT2D eigenvalue weighted by Gasteiger charge is -2.38. The molecule has 4 nitrogen and oxygen atoms in total. The number of rotatable bonds is 6. The van der Waals surface area contributed by atoms with Gasteiger partial charge in [-0.1, -0.05) is 61.4 Å². The molecular formula is C24H31N3O. The molecule has 1 saturated heterocycles. The van der Waals surface area contributed by atoms with Crippen molar-refractivity contribution < 1.29 is 4.79 Å². The van der Waals surface area contributed by atoms with Crippen molar-refractivity contribution in [3.63, 3.8) is 0 Å². The molecule has 0 spiro atoms. The molecule has 0 radical (unpaired) electrons. The molecule has 0 aromatic heterocycles. The molecule has 2 aromatic rings. The third kappa shape index (κ3) is 4.81. The number of para-hydroxylation sites is 1. The first-order valence-corrected chi connectivity index (χ1v) is 10.7. The van der Waals surface area contributed by atoms with Crippen LogP contribution in [0.1, 0.15) is 31.2 Å². The van der Waals surface area contributed by atoms with Gasteiger partial charge in [0.25, 0.3) is 0 Å². The summed E-state index contributed by atoms with van der Waals surface area (Å²) in [7, 11) is 0. The molecule has 1 aliphatic carbocycles. The summed E-state index contributed by atoms with van der Waals surface area (Å²) in [6.45, 7) is 5.31. The molecule has 0 bridgehead atoms. The molecule has 0 atom stereocenters. The molecule has 2 aliphatic rings. The molecule has 1 heterocycles. The van der Waals surface area contributed by atoms with Gasteiger partial charge in [0.05, 0.1) is 13.1 Å². The van der Waals surface area contributed by atoms with Gasteiger partial charge in [-0.05, 0) is 30.5 Å². The first-order chi connectivity index (χ1) is 13.8. The lowest BCUT2D eigenvalue weighted by atomic mass is 10.1. The van der Waals surface area contributed by atoms with E-state index >= 15 is 0 Å². The fraction of sp³-hybridized carbons (Fsp3) is 0.458. The summed E-state index contributed by atoms with van der Waals surface area (Å²) in [6.07, 6.45) is 5.49. The molecule has 0 N–H and O–H groups in total. The van der Waals surface area contributed by atoms with Gasteiger partial charge in [0.15, 0.2) is 0 Å². The Morgan fingerprint density at radius 1 is 0.857 bits per heavy atom. The van der Waals surface area contributed by atoms with Crippen molar-refractivity contribution in [3.05, 3.63) is 66.2 Å². The van der Waals surface area contributed by atoms with Gasteiger partial charge in [-0.25, -0.2) is 0 Å². The van der Waals surface area contributed by atoms with Crippen LogP contribution in [-0.4, -0.2) is 54.5 Å². The molecule has 1 amide bonds. The standard InChI is InChI=1S/C24H31N3O/c28-24(20-25-15-17-26(18-16-25)22-11-7-8-12-22)27(23-13-5-2-6-14-23)19-21-9-3-1-4-10-21/h1-6,9-10,13-14,22H,7-8,11-12,15-20H2. The van der Waals surface area contributed by atoms with Gasteiger partial charge in [-0.15, -0.1) is 0 Å². The zero-order valence-corrected chi connectivity index (χ0v) is 16.7. The molecule has 28 heavy (non-hydrogen) atoms. The molecule has 1 saturated carbocycles. The summed E-state index contributed by atoms with van der Waals surface area (Å²) in [6, 6.07) is 21.1. The van der Waals surface area contributed by atoms with Gasteiger partial charge in [0.1, 0.15) is 0 Å². The topological polar surface area (TPSA) is 26.8 Å². The van der Waals surface area contributed by atoms with Crippen molar-refractivity contribution in [2.45, 2.75) is 38.3 Å². The van der Waals surface area contributed by atoms with E-state index in [4.69, 9.17) is 0 Å². The summed E-state index contributed by atoms with van der Waals surface area (Å²) in [4.78, 5) is 20.1. The van der Waals surface area contributed by atoms with E-state index in [0.29, 0.717) is 13.1 Å². The highest BCUT2D eigenvalue weighted by molar-refractivity contribution is 5.94. The lowest BCUT2D eigenvalue weighted by Crippen LogP contribution is -2.52. The van der Waals surface area contributed by atoms with Crippen molar-refractivity contribution in [3.8, 4) is 0 Å². The average Bonchev–Trinajstić information content (AvgIpc) is 3.29. The number of hydrogen-bond acceptors (Lipinski definition) is 3. The van der Waals surface area contributed by atoms with Crippen LogP contribution in [0.3, 0.4) is 0 Å². The Labute approximate surface area is 168 Å². The predicted octanol–water partition coefficient (Wildman–Crippen LogP) is 3.78. The number of hydrogen-bond donors (Lipinski definition) is 0. The molecular weight excluding hydrogens is 346 g/mol. The normalized spacial score (nSPS) is 19.0. The van der Waals surface area contributed by atoms with Crippen LogP contribution in [0.2, 0.25) is 0 Å². The van der Waals surface area contributed by atoms with E-state index in [1.165, 1.54) is 25.7 Å². The van der Waals surface area contributed by atoms with Crippen LogP contribution >= 0.6 is 0 Å². The van der Waals surface area contributed by atoms with E-state index in [1.807, 2.05) is 53.4 Å². The average molecular weight is 378 g/mol. The van der Waals surface area contributed by atoms with Crippen LogP contribution < -0.4 is 4.90 Å². The van der Waals surface area contributed by atoms with Crippen LogP contribution in [-0.2, 0) is 11.3 Å². The minimum absolute atomic E-state index is 0.185. The van der Waals surface area contributed by atoms with E-state index in [9.17, 15) is 4.79 Å². The largest absolute Gasteiger partial charge is 0.307 e. The first-order valence-electron chi connectivity index (χ1n) is 10.7. The Balaban J connectivity index is 1.38. The van der Waals surface area contributed by atoms with Gasteiger partial charge in [-0.3, -0.25) is 14.6 Å². The minimum atomic E-state index is 0.185. The minimum Gasteiger partial charge on any atom is -0.307 e. The number of carbonyl (C=O) groups is 1. The summed E-state index contributed by atoms with van der Waals surface area (Å²) in [5, 5.41) is 0. The van der Waals surface area contributed by atoms with E-state index in [0.717, 1.165) is 43.5 Å². The van der Waals surface area contributed by atoms with Crippen molar-refractivity contribution in [1.29, 1.82) is 0 Å². The molecule has 2 fully saturated rings. The van der Waals surface area contributed by atoms with E-state index < -0.39 is 0 Å². The van der Waals surface area contributed by atoms with Crippen LogP contribution in [0, 0.1) is 0 Å². The van der Waals surface area contributed by atoms with E-state index in [-0.39, 0.29) is 5.91 Å². The second-order valence-corrected chi connectivity index (χ2v) is 8.05. The van der Waals surface area contributed by atoms with Gasteiger partial charge in [-0.2, -0.15) is 0 Å². The third-order valence-electron chi connectivity index (χ3n) is 6.16. The zero-order chi connectivity index (χ0) is 19.2. The fourth-order valence-corrected chi connectivity index (χ4v) is 4.53. The molecule has 1 aliphatic heterocycles. The maximum Gasteiger partial charge on any atom is 0.241 e. The first kappa shape index (κ1) is 19.2. The predicted molar refractivity (Wildman–Crippen MR) is 114 cm³/mol. The van der Waals surface area contributed by atoms with Crippen molar-refractivity contribution in [2.75, 3.05) is 37.6 Å². The summed E-state index contributed by atoms with van der Waals surface area (Å²) < 4.78 is 0. The molecule has 4 rings (SSSR count). The highest BCUT2D eigenvalue weighted by Crippen LogP contribution is 2.24. The third-order valence-corrected chi connectivity index (χ3v) is 6.16. The van der Waals surface area contributed by atoms with Crippen molar-refractivity contribution >= 4 is 11.6 Å². The smallest absolute Gasteiger partial charge is 0.241 e. The van der Waals surface area contributed by atoms with Crippen LogP contribution in [0.5, 0.6) is 0 Å². The van der Waals surface area contributed by atoms with E-state index in [2.05, 4.69) is 21.9 Å². The van der Waals surface area contributed by atoms with Gasteiger partial charge in [0.2, 0.25) is 5.91 Å². The monoisotopic (exact) mass is 377 g/mol. The van der Waals surface area contributed by atoms with Crippen molar-refractivity contribution in [2.24, 2.45) is 0 Å². The molecule has 148 valence electrons. The summed E-state index contributed by atoms with van der Waals surface area (Å²) in [5.74, 6) is 0.185. The quantitative estimate of drug-likeness (QED) is 0.766. The van der Waals surface area contributed by atoms with Crippen LogP contribution in [0.25, 0.3) is 0 Å². The zero-order valence-electron chi connectivity index (χ0n) is 16.7. The Hall–Kier alpha value is -2.17. The number of nitrogens with zero attached hydrogens (tertiary/aromatic N) is 3. The van der Waals surface area contributed by atoms with Crippen LogP contribution in [0.4, 0.5) is 5.69 Å². The maximum atomic E-state index is 13.2. The van der Waals surface area contributed by atoms with Gasteiger partial charge in [0, 0.05) is 37.9 Å². The second-order valence-electron chi connectivity index (χ2n) is 8.05.